The third kappa shape index (κ3) is 2.95. The van der Waals surface area contributed by atoms with Crippen molar-refractivity contribution >= 4 is 31.9 Å². The molecule has 1 aromatic heterocycles. The minimum absolute atomic E-state index is 0.0409. The van der Waals surface area contributed by atoms with Crippen molar-refractivity contribution in [2.45, 2.75) is 18.2 Å². The SMILES string of the molecule is N#CCc1cc(CBr)nc(Br)c1C(F)F. The summed E-state index contributed by atoms with van der Waals surface area (Å²) >= 11 is 6.17. The second-order valence-corrected chi connectivity index (χ2v) is 4.06. The molecule has 1 rings (SSSR count). The van der Waals surface area contributed by atoms with E-state index in [0.29, 0.717) is 16.6 Å². The highest BCUT2D eigenvalue weighted by atomic mass is 79.9. The van der Waals surface area contributed by atoms with Crippen LogP contribution in [-0.2, 0) is 11.8 Å². The van der Waals surface area contributed by atoms with Crippen LogP contribution in [0.4, 0.5) is 8.78 Å². The molecular weight excluding hydrogens is 334 g/mol. The zero-order valence-electron chi connectivity index (χ0n) is 7.48. The number of halogens is 4. The summed E-state index contributed by atoms with van der Waals surface area (Å²) in [4.78, 5) is 3.94. The molecule has 2 nitrogen and oxygen atoms in total. The van der Waals surface area contributed by atoms with Crippen LogP contribution < -0.4 is 0 Å². The lowest BCUT2D eigenvalue weighted by Crippen LogP contribution is -2.00. The number of nitrogens with zero attached hydrogens (tertiary/aromatic N) is 2. The van der Waals surface area contributed by atoms with Gasteiger partial charge in [0, 0.05) is 5.33 Å². The van der Waals surface area contributed by atoms with Crippen LogP contribution in [0.2, 0.25) is 0 Å². The summed E-state index contributed by atoms with van der Waals surface area (Å²) in [7, 11) is 0. The van der Waals surface area contributed by atoms with Gasteiger partial charge in [-0.2, -0.15) is 5.26 Å². The Morgan fingerprint density at radius 3 is 2.67 bits per heavy atom. The Morgan fingerprint density at radius 2 is 2.20 bits per heavy atom. The predicted molar refractivity (Wildman–Crippen MR) is 58.8 cm³/mol. The van der Waals surface area contributed by atoms with E-state index in [4.69, 9.17) is 5.26 Å². The molecule has 0 unspecified atom stereocenters. The average Bonchev–Trinajstić information content (AvgIpc) is 2.16. The van der Waals surface area contributed by atoms with Gasteiger partial charge in [0.05, 0.1) is 23.7 Å². The molecule has 0 fully saturated rings. The van der Waals surface area contributed by atoms with Crippen molar-refractivity contribution in [1.29, 1.82) is 5.26 Å². The second-order valence-electron chi connectivity index (χ2n) is 2.75. The Labute approximate surface area is 103 Å². The van der Waals surface area contributed by atoms with Crippen LogP contribution >= 0.6 is 31.9 Å². The Hall–Kier alpha value is -0.540. The van der Waals surface area contributed by atoms with Crippen LogP contribution in [0.1, 0.15) is 23.2 Å². The normalized spacial score (nSPS) is 10.4. The Bertz CT molecular complexity index is 402. The first kappa shape index (κ1) is 12.5. The number of aromatic nitrogens is 1. The fraction of sp³-hybridized carbons (Fsp3) is 0.333. The van der Waals surface area contributed by atoms with E-state index in [0.717, 1.165) is 0 Å². The summed E-state index contributed by atoms with van der Waals surface area (Å²) in [6.07, 6.45) is -2.67. The van der Waals surface area contributed by atoms with E-state index >= 15 is 0 Å². The van der Waals surface area contributed by atoms with Crippen LogP contribution in [0.5, 0.6) is 0 Å². The quantitative estimate of drug-likeness (QED) is 0.621. The second kappa shape index (κ2) is 5.52. The van der Waals surface area contributed by atoms with Crippen molar-refractivity contribution in [1.82, 2.24) is 4.98 Å². The standard InChI is InChI=1S/C9H6Br2F2N2/c10-4-6-3-5(1-2-14)7(9(12)13)8(11)15-6/h3,9H,1,4H2. The van der Waals surface area contributed by atoms with Gasteiger partial charge in [0.25, 0.3) is 6.43 Å². The molecule has 6 heteroatoms. The number of hydrogen-bond acceptors (Lipinski definition) is 2. The minimum Gasteiger partial charge on any atom is -0.245 e. The first-order valence-corrected chi connectivity index (χ1v) is 5.90. The van der Waals surface area contributed by atoms with E-state index < -0.39 is 6.43 Å². The first-order chi connectivity index (χ1) is 7.10. The highest BCUT2D eigenvalue weighted by molar-refractivity contribution is 9.10. The molecule has 0 aromatic carbocycles. The molecule has 0 N–H and O–H groups in total. The monoisotopic (exact) mass is 338 g/mol. The fourth-order valence-electron chi connectivity index (χ4n) is 1.16. The maximum Gasteiger partial charge on any atom is 0.266 e. The highest BCUT2D eigenvalue weighted by Gasteiger charge is 2.18. The summed E-state index contributed by atoms with van der Waals surface area (Å²) in [5.41, 5.74) is 0.751. The molecule has 15 heavy (non-hydrogen) atoms. The van der Waals surface area contributed by atoms with Crippen LogP contribution in [-0.4, -0.2) is 4.98 Å². The van der Waals surface area contributed by atoms with Gasteiger partial charge in [-0.05, 0) is 27.6 Å². The van der Waals surface area contributed by atoms with Crippen molar-refractivity contribution in [2.75, 3.05) is 0 Å². The van der Waals surface area contributed by atoms with Crippen molar-refractivity contribution in [3.8, 4) is 6.07 Å². The van der Waals surface area contributed by atoms with Crippen molar-refractivity contribution in [3.05, 3.63) is 27.5 Å². The summed E-state index contributed by atoms with van der Waals surface area (Å²) in [6.45, 7) is 0. The zero-order chi connectivity index (χ0) is 11.4. The maximum atomic E-state index is 12.7. The smallest absolute Gasteiger partial charge is 0.245 e. The van der Waals surface area contributed by atoms with E-state index in [1.807, 2.05) is 6.07 Å². The minimum atomic E-state index is -2.63. The third-order valence-corrected chi connectivity index (χ3v) is 2.95. The molecule has 0 saturated carbocycles. The Balaban J connectivity index is 3.30. The molecule has 0 aliphatic heterocycles. The van der Waals surface area contributed by atoms with Gasteiger partial charge in [0.1, 0.15) is 4.60 Å². The summed E-state index contributed by atoms with van der Waals surface area (Å²) < 4.78 is 25.4. The average molecular weight is 340 g/mol. The maximum absolute atomic E-state index is 12.7. The van der Waals surface area contributed by atoms with Crippen molar-refractivity contribution in [3.63, 3.8) is 0 Å². The van der Waals surface area contributed by atoms with Crippen LogP contribution in [0, 0.1) is 11.3 Å². The number of alkyl halides is 3. The number of rotatable bonds is 3. The molecule has 0 atom stereocenters. The molecule has 0 aliphatic rings. The summed E-state index contributed by atoms with van der Waals surface area (Å²) in [6, 6.07) is 3.38. The van der Waals surface area contributed by atoms with Crippen molar-refractivity contribution in [2.24, 2.45) is 0 Å². The summed E-state index contributed by atoms with van der Waals surface area (Å²) in [5.74, 6) is 0. The van der Waals surface area contributed by atoms with Gasteiger partial charge in [-0.25, -0.2) is 13.8 Å². The lowest BCUT2D eigenvalue weighted by Gasteiger charge is -2.09. The van der Waals surface area contributed by atoms with Gasteiger partial charge in [0.2, 0.25) is 0 Å². The van der Waals surface area contributed by atoms with Gasteiger partial charge in [-0.3, -0.25) is 0 Å². The third-order valence-electron chi connectivity index (χ3n) is 1.78. The molecule has 0 aliphatic carbocycles. The Morgan fingerprint density at radius 1 is 1.53 bits per heavy atom. The molecule has 0 amide bonds. The molecular formula is C9H6Br2F2N2. The molecule has 0 saturated heterocycles. The zero-order valence-corrected chi connectivity index (χ0v) is 10.6. The van der Waals surface area contributed by atoms with Gasteiger partial charge in [0.15, 0.2) is 0 Å². The lowest BCUT2D eigenvalue weighted by atomic mass is 10.1. The molecule has 0 radical (unpaired) electrons. The number of nitriles is 1. The molecule has 1 heterocycles. The number of pyridine rings is 1. The van der Waals surface area contributed by atoms with E-state index in [1.54, 1.807) is 0 Å². The van der Waals surface area contributed by atoms with Gasteiger partial charge in [-0.1, -0.05) is 15.9 Å². The molecule has 1 aromatic rings. The Kier molecular flexibility index (Phi) is 4.61. The van der Waals surface area contributed by atoms with Crippen LogP contribution in [0.25, 0.3) is 0 Å². The number of hydrogen-bond donors (Lipinski definition) is 0. The van der Waals surface area contributed by atoms with E-state index in [9.17, 15) is 8.78 Å². The molecule has 0 spiro atoms. The fourth-order valence-corrected chi connectivity index (χ4v) is 2.10. The lowest BCUT2D eigenvalue weighted by molar-refractivity contribution is 0.149. The van der Waals surface area contributed by atoms with E-state index in [2.05, 4.69) is 36.8 Å². The van der Waals surface area contributed by atoms with Gasteiger partial charge in [-0.15, -0.1) is 0 Å². The van der Waals surface area contributed by atoms with E-state index in [-0.39, 0.29) is 16.6 Å². The first-order valence-electron chi connectivity index (χ1n) is 3.99. The van der Waals surface area contributed by atoms with Crippen LogP contribution in [0.3, 0.4) is 0 Å². The van der Waals surface area contributed by atoms with Gasteiger partial charge >= 0.3 is 0 Å². The predicted octanol–water partition coefficient (Wildman–Crippen LogP) is 3.74. The molecule has 80 valence electrons. The molecule has 0 bridgehead atoms. The topological polar surface area (TPSA) is 36.7 Å². The van der Waals surface area contributed by atoms with E-state index in [1.165, 1.54) is 6.07 Å². The van der Waals surface area contributed by atoms with Crippen molar-refractivity contribution < 1.29 is 8.78 Å². The van der Waals surface area contributed by atoms with Gasteiger partial charge < -0.3 is 0 Å². The highest BCUT2D eigenvalue weighted by Crippen LogP contribution is 2.30. The summed E-state index contributed by atoms with van der Waals surface area (Å²) in [5, 5.41) is 9.00. The largest absolute Gasteiger partial charge is 0.266 e. The van der Waals surface area contributed by atoms with Crippen LogP contribution in [0.15, 0.2) is 10.7 Å².